The lowest BCUT2D eigenvalue weighted by Crippen LogP contribution is -2.01. The van der Waals surface area contributed by atoms with Gasteiger partial charge in [0.15, 0.2) is 0 Å². The van der Waals surface area contributed by atoms with Crippen molar-refractivity contribution in [3.05, 3.63) is 59.0 Å². The van der Waals surface area contributed by atoms with E-state index in [9.17, 15) is 5.11 Å². The minimum Gasteiger partial charge on any atom is -0.469 e. The van der Waals surface area contributed by atoms with Crippen LogP contribution in [0.5, 0.6) is 0 Å². The molecule has 0 saturated carbocycles. The van der Waals surface area contributed by atoms with Gasteiger partial charge in [0.2, 0.25) is 0 Å². The van der Waals surface area contributed by atoms with Gasteiger partial charge in [-0.15, -0.1) is 0 Å². The molecule has 0 fully saturated rings. The maximum absolute atomic E-state index is 10.4. The third-order valence-corrected chi connectivity index (χ3v) is 3.23. The van der Waals surface area contributed by atoms with Crippen LogP contribution in [0.1, 0.15) is 48.8 Å². The minimum atomic E-state index is -0.589. The fourth-order valence-corrected chi connectivity index (χ4v) is 2.22. The minimum absolute atomic E-state index is 0.589. The van der Waals surface area contributed by atoms with Gasteiger partial charge in [-0.25, -0.2) is 0 Å². The molecule has 2 heteroatoms. The summed E-state index contributed by atoms with van der Waals surface area (Å²) in [6.07, 6.45) is 4.08. The van der Waals surface area contributed by atoms with E-state index in [0.717, 1.165) is 36.1 Å². The van der Waals surface area contributed by atoms with E-state index in [-0.39, 0.29) is 0 Å². The van der Waals surface area contributed by atoms with E-state index in [2.05, 4.69) is 19.1 Å². The highest BCUT2D eigenvalue weighted by molar-refractivity contribution is 5.33. The van der Waals surface area contributed by atoms with Gasteiger partial charge in [-0.3, -0.25) is 0 Å². The van der Waals surface area contributed by atoms with E-state index in [0.29, 0.717) is 0 Å². The lowest BCUT2D eigenvalue weighted by Gasteiger charge is -2.11. The van der Waals surface area contributed by atoms with Crippen molar-refractivity contribution in [2.45, 2.75) is 39.2 Å². The first kappa shape index (κ1) is 12.9. The van der Waals surface area contributed by atoms with Crippen molar-refractivity contribution in [3.63, 3.8) is 0 Å². The van der Waals surface area contributed by atoms with Crippen molar-refractivity contribution >= 4 is 0 Å². The first-order chi connectivity index (χ1) is 8.76. The predicted octanol–water partition coefficient (Wildman–Crippen LogP) is 3.88. The maximum atomic E-state index is 10.4. The summed E-state index contributed by atoms with van der Waals surface area (Å²) >= 11 is 0. The Bertz CT molecular complexity index is 482. The van der Waals surface area contributed by atoms with Gasteiger partial charge in [-0.05, 0) is 23.6 Å². The molecule has 0 bridgehead atoms. The van der Waals surface area contributed by atoms with E-state index < -0.39 is 6.10 Å². The molecule has 2 nitrogen and oxygen atoms in total. The van der Waals surface area contributed by atoms with Crippen LogP contribution in [0.2, 0.25) is 0 Å². The smallest absolute Gasteiger partial charge is 0.109 e. The van der Waals surface area contributed by atoms with Gasteiger partial charge >= 0.3 is 0 Å². The molecule has 2 rings (SSSR count). The summed E-state index contributed by atoms with van der Waals surface area (Å²) < 4.78 is 5.36. The summed E-state index contributed by atoms with van der Waals surface area (Å²) in [5.41, 5.74) is 3.11. The molecule has 1 aromatic heterocycles. The molecule has 1 aromatic carbocycles. The first-order valence-electron chi connectivity index (χ1n) is 6.59. The maximum Gasteiger partial charge on any atom is 0.109 e. The Labute approximate surface area is 108 Å². The van der Waals surface area contributed by atoms with Crippen molar-refractivity contribution in [1.82, 2.24) is 0 Å². The molecule has 2 aromatic rings. The van der Waals surface area contributed by atoms with Crippen LogP contribution in [-0.2, 0) is 12.8 Å². The van der Waals surface area contributed by atoms with Crippen LogP contribution in [0, 0.1) is 0 Å². The molecule has 0 amide bonds. The van der Waals surface area contributed by atoms with E-state index in [4.69, 9.17) is 4.42 Å². The Hall–Kier alpha value is -1.54. The number of rotatable bonds is 5. The van der Waals surface area contributed by atoms with Gasteiger partial charge in [0.05, 0.1) is 6.26 Å². The average Bonchev–Trinajstić information content (AvgIpc) is 2.87. The highest BCUT2D eigenvalue weighted by Gasteiger charge is 2.15. The predicted molar refractivity (Wildman–Crippen MR) is 72.6 cm³/mol. The van der Waals surface area contributed by atoms with E-state index in [1.165, 1.54) is 5.56 Å². The Kier molecular flexibility index (Phi) is 4.21. The molecular weight excluding hydrogens is 224 g/mol. The summed E-state index contributed by atoms with van der Waals surface area (Å²) in [5, 5.41) is 10.4. The largest absolute Gasteiger partial charge is 0.469 e. The van der Waals surface area contributed by atoms with Gasteiger partial charge in [0.1, 0.15) is 11.9 Å². The van der Waals surface area contributed by atoms with E-state index in [1.807, 2.05) is 25.1 Å². The molecule has 1 heterocycles. The van der Waals surface area contributed by atoms with Crippen LogP contribution in [0.3, 0.4) is 0 Å². The lowest BCUT2D eigenvalue weighted by molar-refractivity contribution is 0.217. The molecule has 0 aliphatic rings. The zero-order valence-electron chi connectivity index (χ0n) is 11.0. The Morgan fingerprint density at radius 3 is 2.44 bits per heavy atom. The second-order valence-electron chi connectivity index (χ2n) is 4.55. The second kappa shape index (κ2) is 5.87. The van der Waals surface area contributed by atoms with Gasteiger partial charge in [0, 0.05) is 12.0 Å². The summed E-state index contributed by atoms with van der Waals surface area (Å²) in [6.45, 7) is 4.20. The van der Waals surface area contributed by atoms with Crippen molar-refractivity contribution in [2.75, 3.05) is 0 Å². The van der Waals surface area contributed by atoms with Gasteiger partial charge in [-0.2, -0.15) is 0 Å². The Balaban J connectivity index is 2.20. The number of benzene rings is 1. The number of aliphatic hydroxyl groups excluding tert-OH is 1. The molecule has 0 aliphatic carbocycles. The Morgan fingerprint density at radius 2 is 1.83 bits per heavy atom. The molecule has 1 unspecified atom stereocenters. The van der Waals surface area contributed by atoms with Crippen LogP contribution in [0.15, 0.2) is 41.0 Å². The Morgan fingerprint density at radius 1 is 1.11 bits per heavy atom. The quantitative estimate of drug-likeness (QED) is 0.866. The second-order valence-corrected chi connectivity index (χ2v) is 4.55. The van der Waals surface area contributed by atoms with Crippen LogP contribution >= 0.6 is 0 Å². The average molecular weight is 244 g/mol. The number of aliphatic hydroxyl groups is 1. The van der Waals surface area contributed by atoms with E-state index >= 15 is 0 Å². The monoisotopic (exact) mass is 244 g/mol. The number of aryl methyl sites for hydroxylation is 2. The first-order valence-corrected chi connectivity index (χ1v) is 6.59. The van der Waals surface area contributed by atoms with Crippen LogP contribution in [-0.4, -0.2) is 5.11 Å². The summed E-state index contributed by atoms with van der Waals surface area (Å²) in [6, 6.07) is 10.0. The third kappa shape index (κ3) is 2.65. The van der Waals surface area contributed by atoms with Gasteiger partial charge in [-0.1, -0.05) is 44.5 Å². The normalized spacial score (nSPS) is 12.6. The van der Waals surface area contributed by atoms with Crippen molar-refractivity contribution in [1.29, 1.82) is 0 Å². The number of furan rings is 1. The fourth-order valence-electron chi connectivity index (χ4n) is 2.22. The highest BCUT2D eigenvalue weighted by Crippen LogP contribution is 2.26. The van der Waals surface area contributed by atoms with Crippen LogP contribution < -0.4 is 0 Å². The summed E-state index contributed by atoms with van der Waals surface area (Å²) in [4.78, 5) is 0. The van der Waals surface area contributed by atoms with Crippen LogP contribution in [0.4, 0.5) is 0 Å². The molecule has 0 saturated heterocycles. The molecule has 18 heavy (non-hydrogen) atoms. The van der Waals surface area contributed by atoms with Crippen molar-refractivity contribution < 1.29 is 9.52 Å². The number of hydrogen-bond donors (Lipinski definition) is 1. The fraction of sp³-hybridized carbons (Fsp3) is 0.375. The van der Waals surface area contributed by atoms with Crippen molar-refractivity contribution in [2.24, 2.45) is 0 Å². The molecule has 0 aliphatic heterocycles. The molecule has 96 valence electrons. The third-order valence-electron chi connectivity index (χ3n) is 3.23. The van der Waals surface area contributed by atoms with Crippen LogP contribution in [0.25, 0.3) is 0 Å². The van der Waals surface area contributed by atoms with E-state index in [1.54, 1.807) is 6.26 Å². The lowest BCUT2D eigenvalue weighted by atomic mass is 9.99. The molecule has 1 N–H and O–H groups in total. The summed E-state index contributed by atoms with van der Waals surface area (Å²) in [5.74, 6) is 0.861. The van der Waals surface area contributed by atoms with Gasteiger partial charge in [0.25, 0.3) is 0 Å². The standard InChI is InChI=1S/C16H20O2/c1-3-5-12-6-8-13(9-7-12)16(17)14-10-11-18-15(14)4-2/h6-11,16-17H,3-5H2,1-2H3. The molecule has 0 radical (unpaired) electrons. The topological polar surface area (TPSA) is 33.4 Å². The molecule has 1 atom stereocenters. The number of hydrogen-bond acceptors (Lipinski definition) is 2. The molecule has 0 spiro atoms. The zero-order valence-corrected chi connectivity index (χ0v) is 11.0. The highest BCUT2D eigenvalue weighted by atomic mass is 16.3. The van der Waals surface area contributed by atoms with Crippen molar-refractivity contribution in [3.8, 4) is 0 Å². The van der Waals surface area contributed by atoms with Gasteiger partial charge < -0.3 is 9.52 Å². The zero-order chi connectivity index (χ0) is 13.0. The molecular formula is C16H20O2. The summed E-state index contributed by atoms with van der Waals surface area (Å²) in [7, 11) is 0. The SMILES string of the molecule is CCCc1ccc(C(O)c2ccoc2CC)cc1.